The van der Waals surface area contributed by atoms with Gasteiger partial charge in [-0.05, 0) is 36.6 Å². The molecule has 1 aliphatic rings. The predicted molar refractivity (Wildman–Crippen MR) is 77.1 cm³/mol. The highest BCUT2D eigenvalue weighted by molar-refractivity contribution is 9.10. The van der Waals surface area contributed by atoms with Gasteiger partial charge in [-0.15, -0.1) is 0 Å². The summed E-state index contributed by atoms with van der Waals surface area (Å²) < 4.78 is 5.67. The zero-order valence-corrected chi connectivity index (χ0v) is 12.7. The highest BCUT2D eigenvalue weighted by atomic mass is 79.9. The summed E-state index contributed by atoms with van der Waals surface area (Å²) in [4.78, 5) is 24.3. The maximum atomic E-state index is 11.8. The summed E-state index contributed by atoms with van der Waals surface area (Å²) in [7, 11) is 1.35. The first kappa shape index (κ1) is 14.8. The van der Waals surface area contributed by atoms with Gasteiger partial charge in [0.15, 0.2) is 0 Å². The molecule has 1 saturated heterocycles. The van der Waals surface area contributed by atoms with Crippen molar-refractivity contribution in [2.75, 3.05) is 20.2 Å². The lowest BCUT2D eigenvalue weighted by Crippen LogP contribution is -2.38. The highest BCUT2D eigenvalue weighted by Gasteiger charge is 2.27. The number of methoxy groups -OCH3 is 1. The maximum absolute atomic E-state index is 11.8. The van der Waals surface area contributed by atoms with Gasteiger partial charge in [0.1, 0.15) is 0 Å². The lowest BCUT2D eigenvalue weighted by Gasteiger charge is -2.31. The van der Waals surface area contributed by atoms with Crippen molar-refractivity contribution in [3.05, 3.63) is 33.8 Å². The molecule has 20 heavy (non-hydrogen) atoms. The highest BCUT2D eigenvalue weighted by Crippen LogP contribution is 2.31. The fraction of sp³-hybridized carbons (Fsp3) is 0.429. The van der Waals surface area contributed by atoms with Crippen LogP contribution in [0.4, 0.5) is 4.79 Å². The van der Waals surface area contributed by atoms with Crippen LogP contribution in [0.15, 0.2) is 22.7 Å². The van der Waals surface area contributed by atoms with E-state index in [1.165, 1.54) is 12.0 Å². The largest absolute Gasteiger partial charge is 0.465 e. The van der Waals surface area contributed by atoms with E-state index in [-0.39, 0.29) is 11.9 Å². The Morgan fingerprint density at radius 1 is 1.45 bits per heavy atom. The van der Waals surface area contributed by atoms with E-state index >= 15 is 0 Å². The number of carbonyl (C=O) groups excluding carboxylic acids is 1. The molecule has 0 saturated carbocycles. The molecular formula is C14H16BrNO4. The molecule has 0 spiro atoms. The van der Waals surface area contributed by atoms with Crippen LogP contribution >= 0.6 is 15.9 Å². The van der Waals surface area contributed by atoms with E-state index in [0.29, 0.717) is 18.7 Å². The monoisotopic (exact) mass is 341 g/mol. The second-order valence-corrected chi connectivity index (χ2v) is 5.71. The Morgan fingerprint density at radius 2 is 2.20 bits per heavy atom. The fourth-order valence-electron chi connectivity index (χ4n) is 2.57. The minimum Gasteiger partial charge on any atom is -0.465 e. The van der Waals surface area contributed by atoms with Gasteiger partial charge in [0.2, 0.25) is 0 Å². The second kappa shape index (κ2) is 6.26. The Morgan fingerprint density at radius 3 is 2.85 bits per heavy atom. The number of esters is 1. The number of amides is 1. The first-order valence-corrected chi connectivity index (χ1v) is 7.18. The van der Waals surface area contributed by atoms with E-state index in [4.69, 9.17) is 9.84 Å². The van der Waals surface area contributed by atoms with Gasteiger partial charge in [0.25, 0.3) is 0 Å². The number of likely N-dealkylation sites (tertiary alicyclic amines) is 1. The topological polar surface area (TPSA) is 66.8 Å². The molecule has 1 N–H and O–H groups in total. The van der Waals surface area contributed by atoms with Crippen LogP contribution in [0.5, 0.6) is 0 Å². The van der Waals surface area contributed by atoms with Crippen LogP contribution < -0.4 is 0 Å². The van der Waals surface area contributed by atoms with Crippen LogP contribution in [-0.2, 0) is 4.74 Å². The van der Waals surface area contributed by atoms with E-state index in [2.05, 4.69) is 15.9 Å². The molecule has 6 heteroatoms. The van der Waals surface area contributed by atoms with Gasteiger partial charge < -0.3 is 14.7 Å². The van der Waals surface area contributed by atoms with E-state index in [0.717, 1.165) is 22.9 Å². The third kappa shape index (κ3) is 3.12. The van der Waals surface area contributed by atoms with Crippen LogP contribution in [0.25, 0.3) is 0 Å². The van der Waals surface area contributed by atoms with Crippen molar-refractivity contribution in [2.45, 2.75) is 18.8 Å². The summed E-state index contributed by atoms with van der Waals surface area (Å²) in [6, 6.07) is 5.38. The molecule has 0 aromatic heterocycles. The second-order valence-electron chi connectivity index (χ2n) is 4.79. The molecule has 1 aromatic rings. The minimum absolute atomic E-state index is 0.0199. The number of carboxylic acid groups (broad SMARTS) is 1. The van der Waals surface area contributed by atoms with Crippen molar-refractivity contribution >= 4 is 28.0 Å². The molecule has 1 fully saturated rings. The molecule has 108 valence electrons. The molecule has 0 bridgehead atoms. The smallest absolute Gasteiger partial charge is 0.407 e. The number of benzene rings is 1. The van der Waals surface area contributed by atoms with Gasteiger partial charge in [0.05, 0.1) is 12.7 Å². The molecule has 1 unspecified atom stereocenters. The first-order chi connectivity index (χ1) is 9.52. The number of halogens is 1. The molecule has 1 amide bonds. The molecule has 0 radical (unpaired) electrons. The zero-order valence-electron chi connectivity index (χ0n) is 11.1. The number of piperidine rings is 1. The Labute approximate surface area is 125 Å². The van der Waals surface area contributed by atoms with Gasteiger partial charge in [-0.3, -0.25) is 0 Å². The lowest BCUT2D eigenvalue weighted by atomic mass is 9.87. The van der Waals surface area contributed by atoms with Crippen molar-refractivity contribution in [1.82, 2.24) is 4.90 Å². The van der Waals surface area contributed by atoms with Crippen LogP contribution in [0.1, 0.15) is 34.7 Å². The summed E-state index contributed by atoms with van der Waals surface area (Å²) in [6.07, 6.45) is 0.748. The van der Waals surface area contributed by atoms with Crippen LogP contribution in [0.2, 0.25) is 0 Å². The molecule has 1 atom stereocenters. The van der Waals surface area contributed by atoms with Crippen molar-refractivity contribution < 1.29 is 19.4 Å². The normalized spacial score (nSPS) is 18.7. The quantitative estimate of drug-likeness (QED) is 0.839. The fourth-order valence-corrected chi connectivity index (χ4v) is 2.95. The zero-order chi connectivity index (χ0) is 14.7. The Hall–Kier alpha value is -1.56. The standard InChI is InChI=1S/C14H16BrNO4/c1-20-13(17)11-5-4-10(15)7-12(11)9-3-2-6-16(8-9)14(18)19/h4-5,7,9H,2-3,6,8H2,1H3,(H,18,19). The van der Waals surface area contributed by atoms with Gasteiger partial charge in [0, 0.05) is 23.5 Å². The molecule has 2 rings (SSSR count). The van der Waals surface area contributed by atoms with E-state index in [1.54, 1.807) is 12.1 Å². The van der Waals surface area contributed by atoms with Gasteiger partial charge in [-0.1, -0.05) is 15.9 Å². The SMILES string of the molecule is COC(=O)c1ccc(Br)cc1C1CCCN(C(=O)O)C1. The third-order valence-electron chi connectivity index (χ3n) is 3.55. The molecule has 1 heterocycles. The average Bonchev–Trinajstić information content (AvgIpc) is 2.46. The van der Waals surface area contributed by atoms with Crippen molar-refractivity contribution in [3.63, 3.8) is 0 Å². The van der Waals surface area contributed by atoms with Crippen LogP contribution in [0, 0.1) is 0 Å². The maximum Gasteiger partial charge on any atom is 0.407 e. The summed E-state index contributed by atoms with van der Waals surface area (Å²) in [5.74, 6) is -0.369. The summed E-state index contributed by atoms with van der Waals surface area (Å²) in [6.45, 7) is 0.961. The molecule has 0 aliphatic carbocycles. The van der Waals surface area contributed by atoms with Crippen molar-refractivity contribution in [1.29, 1.82) is 0 Å². The average molecular weight is 342 g/mol. The Kier molecular flexibility index (Phi) is 4.65. The molecule has 1 aromatic carbocycles. The third-order valence-corrected chi connectivity index (χ3v) is 4.04. The number of hydrogen-bond donors (Lipinski definition) is 1. The number of rotatable bonds is 2. The molecule has 5 nitrogen and oxygen atoms in total. The number of nitrogens with zero attached hydrogens (tertiary/aromatic N) is 1. The van der Waals surface area contributed by atoms with E-state index < -0.39 is 6.09 Å². The van der Waals surface area contributed by atoms with E-state index in [9.17, 15) is 9.59 Å². The number of carbonyl (C=O) groups is 2. The van der Waals surface area contributed by atoms with Crippen LogP contribution in [-0.4, -0.2) is 42.3 Å². The van der Waals surface area contributed by atoms with Crippen molar-refractivity contribution in [2.24, 2.45) is 0 Å². The molecular weight excluding hydrogens is 326 g/mol. The summed E-state index contributed by atoms with van der Waals surface area (Å²) >= 11 is 3.40. The number of hydrogen-bond acceptors (Lipinski definition) is 3. The Balaban J connectivity index is 2.33. The number of ether oxygens (including phenoxy) is 1. The van der Waals surface area contributed by atoms with Gasteiger partial charge >= 0.3 is 12.1 Å². The van der Waals surface area contributed by atoms with Crippen molar-refractivity contribution in [3.8, 4) is 0 Å². The van der Waals surface area contributed by atoms with Gasteiger partial charge in [-0.25, -0.2) is 9.59 Å². The predicted octanol–water partition coefficient (Wildman–Crippen LogP) is 3.09. The minimum atomic E-state index is -0.913. The first-order valence-electron chi connectivity index (χ1n) is 6.38. The van der Waals surface area contributed by atoms with Gasteiger partial charge in [-0.2, -0.15) is 0 Å². The molecule has 1 aliphatic heterocycles. The summed E-state index contributed by atoms with van der Waals surface area (Å²) in [5, 5.41) is 9.11. The lowest BCUT2D eigenvalue weighted by molar-refractivity contribution is 0.0598. The summed E-state index contributed by atoms with van der Waals surface area (Å²) in [5.41, 5.74) is 1.35. The van der Waals surface area contributed by atoms with Crippen LogP contribution in [0.3, 0.4) is 0 Å². The van der Waals surface area contributed by atoms with E-state index in [1.807, 2.05) is 6.07 Å². The Bertz CT molecular complexity index is 532.